The molecule has 3 N–H and O–H groups in total. The number of nitrogens with one attached hydrogen (secondary N) is 1. The number of carboxylic acids is 2. The number of urea groups is 1. The van der Waals surface area contributed by atoms with Gasteiger partial charge in [-0.1, -0.05) is 15.9 Å². The maximum atomic E-state index is 12.0. The van der Waals surface area contributed by atoms with Crippen LogP contribution in [0.25, 0.3) is 0 Å². The SMILES string of the molecule is Cc1cc(Br)cc(C)c1NC(=O)N(CC(=O)O)CC(=O)O. The number of aliphatic carboxylic acids is 2. The highest BCUT2D eigenvalue weighted by molar-refractivity contribution is 9.10. The molecule has 0 aliphatic carbocycles. The quantitative estimate of drug-likeness (QED) is 0.746. The number of hydrogen-bond donors (Lipinski definition) is 3. The molecule has 0 radical (unpaired) electrons. The summed E-state index contributed by atoms with van der Waals surface area (Å²) in [7, 11) is 0. The van der Waals surface area contributed by atoms with Crippen molar-refractivity contribution in [2.75, 3.05) is 18.4 Å². The molecule has 2 amide bonds. The molecule has 0 bridgehead atoms. The normalized spacial score (nSPS) is 10.0. The van der Waals surface area contributed by atoms with Crippen molar-refractivity contribution in [1.29, 1.82) is 0 Å². The zero-order valence-electron chi connectivity index (χ0n) is 11.5. The first kappa shape index (κ1) is 17.0. The summed E-state index contributed by atoms with van der Waals surface area (Å²) >= 11 is 3.33. The molecule has 8 heteroatoms. The lowest BCUT2D eigenvalue weighted by Crippen LogP contribution is -2.42. The van der Waals surface area contributed by atoms with Gasteiger partial charge in [0, 0.05) is 10.2 Å². The van der Waals surface area contributed by atoms with Crippen LogP contribution in [0.15, 0.2) is 16.6 Å². The lowest BCUT2D eigenvalue weighted by molar-refractivity contribution is -0.140. The molecular weight excluding hydrogens is 344 g/mol. The molecule has 0 heterocycles. The third kappa shape index (κ3) is 5.07. The Kier molecular flexibility index (Phi) is 5.71. The Balaban J connectivity index is 2.96. The summed E-state index contributed by atoms with van der Waals surface area (Å²) in [6.45, 7) is 2.19. The Morgan fingerprint density at radius 2 is 1.52 bits per heavy atom. The standard InChI is InChI=1S/C13H15BrN2O5/c1-7-3-9(14)4-8(2)12(7)15-13(21)16(5-10(17)18)6-11(19)20/h3-4H,5-6H2,1-2H3,(H,15,21)(H,17,18)(H,19,20). The third-order valence-electron chi connectivity index (χ3n) is 2.67. The molecule has 114 valence electrons. The van der Waals surface area contributed by atoms with E-state index >= 15 is 0 Å². The Morgan fingerprint density at radius 1 is 1.10 bits per heavy atom. The monoisotopic (exact) mass is 358 g/mol. The van der Waals surface area contributed by atoms with Gasteiger partial charge in [-0.05, 0) is 37.1 Å². The zero-order valence-corrected chi connectivity index (χ0v) is 13.1. The predicted molar refractivity (Wildman–Crippen MR) is 79.5 cm³/mol. The van der Waals surface area contributed by atoms with Crippen molar-refractivity contribution in [2.24, 2.45) is 0 Å². The van der Waals surface area contributed by atoms with E-state index < -0.39 is 31.1 Å². The first-order valence-electron chi connectivity index (χ1n) is 5.97. The molecule has 1 aromatic carbocycles. The molecule has 0 atom stereocenters. The number of anilines is 1. The largest absolute Gasteiger partial charge is 0.480 e. The van der Waals surface area contributed by atoms with Gasteiger partial charge in [0.1, 0.15) is 13.1 Å². The predicted octanol–water partition coefficient (Wildman–Crippen LogP) is 2.07. The van der Waals surface area contributed by atoms with Crippen LogP contribution in [0.2, 0.25) is 0 Å². The topological polar surface area (TPSA) is 107 Å². The molecule has 0 aliphatic rings. The number of aryl methyl sites for hydroxylation is 2. The van der Waals surface area contributed by atoms with Crippen molar-refractivity contribution in [3.63, 3.8) is 0 Å². The number of nitrogens with zero attached hydrogens (tertiary/aromatic N) is 1. The second-order valence-corrected chi connectivity index (χ2v) is 5.40. The highest BCUT2D eigenvalue weighted by atomic mass is 79.9. The molecule has 0 saturated carbocycles. The first-order valence-corrected chi connectivity index (χ1v) is 6.76. The summed E-state index contributed by atoms with van der Waals surface area (Å²) in [6.07, 6.45) is 0. The van der Waals surface area contributed by atoms with E-state index in [1.807, 2.05) is 0 Å². The van der Waals surface area contributed by atoms with Crippen LogP contribution in [0.4, 0.5) is 10.5 Å². The van der Waals surface area contributed by atoms with Crippen LogP contribution in [0.5, 0.6) is 0 Å². The Morgan fingerprint density at radius 3 is 1.90 bits per heavy atom. The van der Waals surface area contributed by atoms with Gasteiger partial charge >= 0.3 is 18.0 Å². The van der Waals surface area contributed by atoms with Gasteiger partial charge in [-0.25, -0.2) is 4.79 Å². The number of halogens is 1. The van der Waals surface area contributed by atoms with Crippen LogP contribution < -0.4 is 5.32 Å². The fourth-order valence-electron chi connectivity index (χ4n) is 1.82. The minimum absolute atomic E-state index is 0.531. The summed E-state index contributed by atoms with van der Waals surface area (Å²) in [5, 5.41) is 20.0. The van der Waals surface area contributed by atoms with Gasteiger partial charge in [0.15, 0.2) is 0 Å². The van der Waals surface area contributed by atoms with Gasteiger partial charge in [-0.2, -0.15) is 0 Å². The van der Waals surface area contributed by atoms with Gasteiger partial charge in [-0.15, -0.1) is 0 Å². The van der Waals surface area contributed by atoms with E-state index in [0.717, 1.165) is 15.6 Å². The maximum Gasteiger partial charge on any atom is 0.323 e. The maximum absolute atomic E-state index is 12.0. The number of amides is 2. The summed E-state index contributed by atoms with van der Waals surface area (Å²) in [6, 6.07) is 2.82. The molecule has 0 saturated heterocycles. The molecular formula is C13H15BrN2O5. The van der Waals surface area contributed by atoms with Crippen molar-refractivity contribution in [1.82, 2.24) is 4.90 Å². The molecule has 21 heavy (non-hydrogen) atoms. The minimum atomic E-state index is -1.28. The molecule has 0 unspecified atom stereocenters. The number of carbonyl (C=O) groups is 3. The van der Waals surface area contributed by atoms with Crippen molar-refractivity contribution in [2.45, 2.75) is 13.8 Å². The molecule has 0 aliphatic heterocycles. The highest BCUT2D eigenvalue weighted by Gasteiger charge is 2.20. The smallest absolute Gasteiger partial charge is 0.323 e. The van der Waals surface area contributed by atoms with E-state index in [2.05, 4.69) is 21.2 Å². The number of carboxylic acid groups (broad SMARTS) is 2. The minimum Gasteiger partial charge on any atom is -0.480 e. The first-order chi connectivity index (χ1) is 9.70. The van der Waals surface area contributed by atoms with Gasteiger partial charge in [-0.3, -0.25) is 9.59 Å². The van der Waals surface area contributed by atoms with Crippen molar-refractivity contribution in [3.05, 3.63) is 27.7 Å². The van der Waals surface area contributed by atoms with Crippen LogP contribution in [0, 0.1) is 13.8 Å². The molecule has 7 nitrogen and oxygen atoms in total. The van der Waals surface area contributed by atoms with Crippen LogP contribution in [0.3, 0.4) is 0 Å². The fourth-order valence-corrected chi connectivity index (χ4v) is 2.51. The van der Waals surface area contributed by atoms with Crippen LogP contribution in [0.1, 0.15) is 11.1 Å². The molecule has 1 rings (SSSR count). The fraction of sp³-hybridized carbons (Fsp3) is 0.308. The van der Waals surface area contributed by atoms with Gasteiger partial charge in [0.25, 0.3) is 0 Å². The van der Waals surface area contributed by atoms with Crippen molar-refractivity contribution >= 4 is 39.6 Å². The Labute approximate surface area is 129 Å². The van der Waals surface area contributed by atoms with Gasteiger partial charge in [0.05, 0.1) is 0 Å². The summed E-state index contributed by atoms with van der Waals surface area (Å²) in [5.41, 5.74) is 2.09. The van der Waals surface area contributed by atoms with Crippen molar-refractivity contribution in [3.8, 4) is 0 Å². The average Bonchev–Trinajstić information content (AvgIpc) is 2.31. The van der Waals surface area contributed by atoms with Crippen LogP contribution in [-0.2, 0) is 9.59 Å². The number of hydrogen-bond acceptors (Lipinski definition) is 3. The van der Waals surface area contributed by atoms with E-state index in [9.17, 15) is 14.4 Å². The molecule has 0 fully saturated rings. The molecule has 0 spiro atoms. The number of rotatable bonds is 5. The highest BCUT2D eigenvalue weighted by Crippen LogP contribution is 2.25. The second-order valence-electron chi connectivity index (χ2n) is 4.49. The second kappa shape index (κ2) is 7.07. The lowest BCUT2D eigenvalue weighted by atomic mass is 10.1. The number of carbonyl (C=O) groups excluding carboxylic acids is 1. The number of benzene rings is 1. The third-order valence-corrected chi connectivity index (χ3v) is 3.13. The van der Waals surface area contributed by atoms with E-state index in [0.29, 0.717) is 10.6 Å². The van der Waals surface area contributed by atoms with Gasteiger partial charge < -0.3 is 20.4 Å². The van der Waals surface area contributed by atoms with Crippen LogP contribution >= 0.6 is 15.9 Å². The summed E-state index contributed by atoms with van der Waals surface area (Å²) in [4.78, 5) is 34.2. The van der Waals surface area contributed by atoms with Crippen LogP contribution in [-0.4, -0.2) is 46.2 Å². The van der Waals surface area contributed by atoms with E-state index in [4.69, 9.17) is 10.2 Å². The Hall–Kier alpha value is -2.09. The molecule has 1 aromatic rings. The van der Waals surface area contributed by atoms with Gasteiger partial charge in [0.2, 0.25) is 0 Å². The van der Waals surface area contributed by atoms with Crippen molar-refractivity contribution < 1.29 is 24.6 Å². The van der Waals surface area contributed by atoms with E-state index in [-0.39, 0.29) is 0 Å². The average molecular weight is 359 g/mol. The Bertz CT molecular complexity index is 549. The zero-order chi connectivity index (χ0) is 16.2. The summed E-state index contributed by atoms with van der Waals surface area (Å²) < 4.78 is 0.850. The van der Waals surface area contributed by atoms with E-state index in [1.54, 1.807) is 26.0 Å². The molecule has 0 aromatic heterocycles. The lowest BCUT2D eigenvalue weighted by Gasteiger charge is -2.21. The van der Waals surface area contributed by atoms with E-state index in [1.165, 1.54) is 0 Å². The summed E-state index contributed by atoms with van der Waals surface area (Å²) in [5.74, 6) is -2.56.